The normalized spacial score (nSPS) is 13.0. The third kappa shape index (κ3) is 3.53. The summed E-state index contributed by atoms with van der Waals surface area (Å²) < 4.78 is 0. The number of rotatable bonds is 7. The minimum atomic E-state index is 0.480. The van der Waals surface area contributed by atoms with Crippen molar-refractivity contribution < 1.29 is 0 Å². The molecule has 0 saturated heterocycles. The maximum absolute atomic E-state index is 4.24. The smallest absolute Gasteiger partial charge is 0.0352 e. The number of hydrogen-bond donors (Lipinski definition) is 1. The molecule has 0 spiro atoms. The quantitative estimate of drug-likeness (QED) is 0.777. The molecule has 0 radical (unpaired) electrons. The zero-order valence-electron chi connectivity index (χ0n) is 11.7. The lowest BCUT2D eigenvalue weighted by atomic mass is 9.86. The van der Waals surface area contributed by atoms with E-state index in [-0.39, 0.29) is 0 Å². The highest BCUT2D eigenvalue weighted by atomic mass is 14.9. The van der Waals surface area contributed by atoms with E-state index in [1.54, 1.807) is 0 Å². The van der Waals surface area contributed by atoms with Crippen LogP contribution in [0.1, 0.15) is 57.7 Å². The van der Waals surface area contributed by atoms with E-state index in [2.05, 4.69) is 44.1 Å². The molecule has 2 nitrogen and oxygen atoms in total. The van der Waals surface area contributed by atoms with Crippen LogP contribution in [0.4, 0.5) is 0 Å². The van der Waals surface area contributed by atoms with Crippen molar-refractivity contribution in [3.63, 3.8) is 0 Å². The largest absolute Gasteiger partial charge is 0.310 e. The number of aromatic nitrogens is 1. The third-order valence-corrected chi connectivity index (χ3v) is 3.60. The van der Waals surface area contributed by atoms with Crippen molar-refractivity contribution in [1.82, 2.24) is 10.3 Å². The van der Waals surface area contributed by atoms with Crippen LogP contribution in [0.15, 0.2) is 18.5 Å². The summed E-state index contributed by atoms with van der Waals surface area (Å²) in [7, 11) is 0. The van der Waals surface area contributed by atoms with Crippen LogP contribution in [-0.2, 0) is 6.42 Å². The van der Waals surface area contributed by atoms with E-state index in [4.69, 9.17) is 0 Å². The Hall–Kier alpha value is -0.890. The zero-order chi connectivity index (χ0) is 12.7. The summed E-state index contributed by atoms with van der Waals surface area (Å²) in [6.45, 7) is 9.97. The number of nitrogens with one attached hydrogen (secondary N) is 1. The molecule has 0 aliphatic rings. The van der Waals surface area contributed by atoms with Gasteiger partial charge in [0.1, 0.15) is 0 Å². The highest BCUT2D eigenvalue weighted by Gasteiger charge is 2.21. The van der Waals surface area contributed by atoms with Crippen molar-refractivity contribution in [2.75, 3.05) is 6.54 Å². The molecule has 1 atom stereocenters. The Balaban J connectivity index is 3.03. The van der Waals surface area contributed by atoms with Gasteiger partial charge < -0.3 is 5.32 Å². The first-order chi connectivity index (χ1) is 8.28. The highest BCUT2D eigenvalue weighted by Crippen LogP contribution is 2.29. The van der Waals surface area contributed by atoms with Gasteiger partial charge in [0, 0.05) is 18.4 Å². The molecule has 1 unspecified atom stereocenters. The Morgan fingerprint density at radius 3 is 2.41 bits per heavy atom. The molecule has 0 fully saturated rings. The van der Waals surface area contributed by atoms with Crippen molar-refractivity contribution in [2.45, 2.75) is 53.0 Å². The minimum absolute atomic E-state index is 0.480. The highest BCUT2D eigenvalue weighted by molar-refractivity contribution is 5.27. The number of pyridine rings is 1. The first-order valence-electron chi connectivity index (χ1n) is 6.94. The van der Waals surface area contributed by atoms with Gasteiger partial charge in [0.05, 0.1) is 0 Å². The first kappa shape index (κ1) is 14.2. The van der Waals surface area contributed by atoms with Gasteiger partial charge in [0.2, 0.25) is 0 Å². The minimum Gasteiger partial charge on any atom is -0.310 e. The Morgan fingerprint density at radius 1 is 1.18 bits per heavy atom. The Morgan fingerprint density at radius 2 is 1.88 bits per heavy atom. The summed E-state index contributed by atoms with van der Waals surface area (Å²) in [6, 6.07) is 2.66. The van der Waals surface area contributed by atoms with Gasteiger partial charge in [-0.3, -0.25) is 4.98 Å². The van der Waals surface area contributed by atoms with E-state index >= 15 is 0 Å². The van der Waals surface area contributed by atoms with Crippen molar-refractivity contribution in [2.24, 2.45) is 5.92 Å². The molecule has 96 valence electrons. The van der Waals surface area contributed by atoms with Crippen LogP contribution in [0.3, 0.4) is 0 Å². The molecule has 0 saturated carbocycles. The van der Waals surface area contributed by atoms with Crippen LogP contribution in [0.2, 0.25) is 0 Å². The number of aryl methyl sites for hydroxylation is 1. The fraction of sp³-hybridized carbons (Fsp3) is 0.667. The number of hydrogen-bond acceptors (Lipinski definition) is 2. The van der Waals surface area contributed by atoms with Gasteiger partial charge in [0.15, 0.2) is 0 Å². The molecule has 0 amide bonds. The van der Waals surface area contributed by atoms with Crippen LogP contribution in [0, 0.1) is 5.92 Å². The molecule has 2 heteroatoms. The topological polar surface area (TPSA) is 24.9 Å². The molecule has 1 aromatic heterocycles. The number of nitrogens with zero attached hydrogens (tertiary/aromatic N) is 1. The maximum atomic E-state index is 4.24. The Kier molecular flexibility index (Phi) is 6.20. The molecule has 1 rings (SSSR count). The Labute approximate surface area is 106 Å². The lowest BCUT2D eigenvalue weighted by Crippen LogP contribution is -2.28. The standard InChI is InChI=1S/C15H26N2/c1-5-12(6-2)15(17-8-4)14-9-10-16-11-13(14)7-3/h9-12,15,17H,5-8H2,1-4H3. The second-order valence-corrected chi connectivity index (χ2v) is 4.54. The summed E-state index contributed by atoms with van der Waals surface area (Å²) in [5, 5.41) is 3.65. The molecular weight excluding hydrogens is 208 g/mol. The first-order valence-corrected chi connectivity index (χ1v) is 6.94. The average molecular weight is 234 g/mol. The van der Waals surface area contributed by atoms with Crippen LogP contribution < -0.4 is 5.32 Å². The molecule has 1 aromatic rings. The Bertz CT molecular complexity index is 318. The lowest BCUT2D eigenvalue weighted by Gasteiger charge is -2.28. The average Bonchev–Trinajstić information content (AvgIpc) is 2.39. The fourth-order valence-corrected chi connectivity index (χ4v) is 2.55. The van der Waals surface area contributed by atoms with E-state index in [1.165, 1.54) is 24.0 Å². The van der Waals surface area contributed by atoms with E-state index in [0.29, 0.717) is 12.0 Å². The summed E-state index contributed by atoms with van der Waals surface area (Å²) in [6.07, 6.45) is 7.44. The third-order valence-electron chi connectivity index (χ3n) is 3.60. The predicted molar refractivity (Wildman–Crippen MR) is 74.1 cm³/mol. The maximum Gasteiger partial charge on any atom is 0.0352 e. The van der Waals surface area contributed by atoms with E-state index in [9.17, 15) is 0 Å². The van der Waals surface area contributed by atoms with E-state index in [1.807, 2.05) is 12.4 Å². The summed E-state index contributed by atoms with van der Waals surface area (Å²) in [4.78, 5) is 4.24. The second-order valence-electron chi connectivity index (χ2n) is 4.54. The van der Waals surface area contributed by atoms with E-state index < -0.39 is 0 Å². The molecule has 1 N–H and O–H groups in total. The van der Waals surface area contributed by atoms with Crippen LogP contribution in [0.25, 0.3) is 0 Å². The van der Waals surface area contributed by atoms with Gasteiger partial charge in [0.25, 0.3) is 0 Å². The molecular formula is C15H26N2. The van der Waals surface area contributed by atoms with Gasteiger partial charge in [-0.05, 0) is 36.1 Å². The van der Waals surface area contributed by atoms with Gasteiger partial charge >= 0.3 is 0 Å². The van der Waals surface area contributed by atoms with Crippen molar-refractivity contribution >= 4 is 0 Å². The predicted octanol–water partition coefficient (Wildman–Crippen LogP) is 3.73. The summed E-state index contributed by atoms with van der Waals surface area (Å²) >= 11 is 0. The SMILES string of the molecule is CCNC(c1ccncc1CC)C(CC)CC. The van der Waals surface area contributed by atoms with Gasteiger partial charge in [-0.25, -0.2) is 0 Å². The molecule has 0 bridgehead atoms. The molecule has 0 aliphatic heterocycles. The van der Waals surface area contributed by atoms with Crippen molar-refractivity contribution in [3.8, 4) is 0 Å². The van der Waals surface area contributed by atoms with Crippen LogP contribution >= 0.6 is 0 Å². The summed E-state index contributed by atoms with van der Waals surface area (Å²) in [5.74, 6) is 0.711. The molecule has 17 heavy (non-hydrogen) atoms. The van der Waals surface area contributed by atoms with Gasteiger partial charge in [-0.15, -0.1) is 0 Å². The monoisotopic (exact) mass is 234 g/mol. The fourth-order valence-electron chi connectivity index (χ4n) is 2.55. The van der Waals surface area contributed by atoms with Gasteiger partial charge in [-0.1, -0.05) is 40.5 Å². The van der Waals surface area contributed by atoms with Crippen LogP contribution in [0.5, 0.6) is 0 Å². The van der Waals surface area contributed by atoms with Crippen molar-refractivity contribution in [1.29, 1.82) is 0 Å². The lowest BCUT2D eigenvalue weighted by molar-refractivity contribution is 0.345. The van der Waals surface area contributed by atoms with Crippen molar-refractivity contribution in [3.05, 3.63) is 29.6 Å². The molecule has 0 aromatic carbocycles. The van der Waals surface area contributed by atoms with E-state index in [0.717, 1.165) is 13.0 Å². The molecule has 1 heterocycles. The molecule has 0 aliphatic carbocycles. The summed E-state index contributed by atoms with van der Waals surface area (Å²) in [5.41, 5.74) is 2.82. The van der Waals surface area contributed by atoms with Gasteiger partial charge in [-0.2, -0.15) is 0 Å². The van der Waals surface area contributed by atoms with Crippen LogP contribution in [-0.4, -0.2) is 11.5 Å². The zero-order valence-corrected chi connectivity index (χ0v) is 11.7. The second kappa shape index (κ2) is 7.44.